The highest BCUT2D eigenvalue weighted by atomic mass is 16.1. The maximum Gasteiger partial charge on any atom is 0.221 e. The van der Waals surface area contributed by atoms with Crippen molar-refractivity contribution in [2.45, 2.75) is 41.5 Å². The first-order valence-corrected chi connectivity index (χ1v) is 5.20. The molecule has 1 amide bonds. The molecular weight excluding hydrogens is 186 g/mol. The summed E-state index contributed by atoms with van der Waals surface area (Å²) >= 11 is 0. The van der Waals surface area contributed by atoms with Gasteiger partial charge in [0.25, 0.3) is 0 Å². The number of hydrogen-bond donors (Lipinski definition) is 1. The third-order valence-electron chi connectivity index (χ3n) is 3.30. The molecule has 0 heterocycles. The first-order valence-electron chi connectivity index (χ1n) is 5.20. The normalized spacial score (nSPS) is 10.3. The third kappa shape index (κ3) is 2.04. The van der Waals surface area contributed by atoms with Crippen LogP contribution in [0, 0.1) is 34.6 Å². The Hall–Kier alpha value is -1.31. The van der Waals surface area contributed by atoms with E-state index in [1.165, 1.54) is 27.8 Å². The van der Waals surface area contributed by atoms with E-state index in [-0.39, 0.29) is 5.91 Å². The SMILES string of the molecule is CC(=O)Nc1c(C)c(C)c(C)c(C)c1C. The van der Waals surface area contributed by atoms with E-state index in [1.54, 1.807) is 6.92 Å². The molecule has 82 valence electrons. The Balaban J connectivity index is 3.45. The highest BCUT2D eigenvalue weighted by Crippen LogP contribution is 2.29. The molecule has 0 fully saturated rings. The highest BCUT2D eigenvalue weighted by Gasteiger charge is 2.12. The summed E-state index contributed by atoms with van der Waals surface area (Å²) in [6, 6.07) is 0. The zero-order chi connectivity index (χ0) is 11.7. The predicted molar refractivity (Wildman–Crippen MR) is 64.4 cm³/mol. The molecule has 0 aliphatic rings. The van der Waals surface area contributed by atoms with Crippen LogP contribution in [0.5, 0.6) is 0 Å². The molecule has 2 heteroatoms. The van der Waals surface area contributed by atoms with Gasteiger partial charge >= 0.3 is 0 Å². The molecule has 0 bridgehead atoms. The smallest absolute Gasteiger partial charge is 0.221 e. The van der Waals surface area contributed by atoms with Crippen molar-refractivity contribution in [3.8, 4) is 0 Å². The Morgan fingerprint density at radius 2 is 1.13 bits per heavy atom. The second kappa shape index (κ2) is 4.05. The van der Waals surface area contributed by atoms with Crippen LogP contribution in [0.3, 0.4) is 0 Å². The average Bonchev–Trinajstić information content (AvgIpc) is 2.18. The summed E-state index contributed by atoms with van der Waals surface area (Å²) in [7, 11) is 0. The summed E-state index contributed by atoms with van der Waals surface area (Å²) in [5, 5.41) is 2.91. The average molecular weight is 205 g/mol. The summed E-state index contributed by atoms with van der Waals surface area (Å²) in [5.41, 5.74) is 7.17. The molecule has 0 saturated heterocycles. The fourth-order valence-corrected chi connectivity index (χ4v) is 1.86. The van der Waals surface area contributed by atoms with Crippen molar-refractivity contribution in [1.29, 1.82) is 0 Å². The van der Waals surface area contributed by atoms with Crippen LogP contribution in [0.25, 0.3) is 0 Å². The topological polar surface area (TPSA) is 29.1 Å². The zero-order valence-electron chi connectivity index (χ0n) is 10.4. The summed E-state index contributed by atoms with van der Waals surface area (Å²) in [6.45, 7) is 12.0. The van der Waals surface area contributed by atoms with E-state index < -0.39 is 0 Å². The van der Waals surface area contributed by atoms with Crippen LogP contribution in [-0.4, -0.2) is 5.91 Å². The lowest BCUT2D eigenvalue weighted by Crippen LogP contribution is -2.11. The Morgan fingerprint density at radius 3 is 1.47 bits per heavy atom. The van der Waals surface area contributed by atoms with Gasteiger partial charge < -0.3 is 5.32 Å². The van der Waals surface area contributed by atoms with Gasteiger partial charge in [0.15, 0.2) is 0 Å². The number of benzene rings is 1. The molecule has 0 atom stereocenters. The quantitative estimate of drug-likeness (QED) is 0.749. The van der Waals surface area contributed by atoms with Gasteiger partial charge in [-0.15, -0.1) is 0 Å². The first-order chi connectivity index (χ1) is 6.86. The zero-order valence-corrected chi connectivity index (χ0v) is 10.4. The number of anilines is 1. The van der Waals surface area contributed by atoms with Crippen molar-refractivity contribution in [3.05, 3.63) is 27.8 Å². The van der Waals surface area contributed by atoms with E-state index in [0.717, 1.165) is 5.69 Å². The lowest BCUT2D eigenvalue weighted by atomic mass is 9.93. The van der Waals surface area contributed by atoms with Gasteiger partial charge in [-0.2, -0.15) is 0 Å². The van der Waals surface area contributed by atoms with Crippen LogP contribution in [-0.2, 0) is 4.79 Å². The second-order valence-electron chi connectivity index (χ2n) is 4.18. The Kier molecular flexibility index (Phi) is 3.18. The van der Waals surface area contributed by atoms with Crippen molar-refractivity contribution in [1.82, 2.24) is 0 Å². The number of nitrogens with one attached hydrogen (secondary N) is 1. The molecule has 0 saturated carbocycles. The Bertz CT molecular complexity index is 390. The molecule has 2 nitrogen and oxygen atoms in total. The third-order valence-corrected chi connectivity index (χ3v) is 3.30. The maximum atomic E-state index is 11.1. The molecular formula is C13H19NO. The molecule has 1 N–H and O–H groups in total. The van der Waals surface area contributed by atoms with Crippen LogP contribution < -0.4 is 5.32 Å². The largest absolute Gasteiger partial charge is 0.326 e. The van der Waals surface area contributed by atoms with E-state index in [0.29, 0.717) is 0 Å². The summed E-state index contributed by atoms with van der Waals surface area (Å²) in [5.74, 6) is -0.0103. The van der Waals surface area contributed by atoms with E-state index in [4.69, 9.17) is 0 Å². The minimum Gasteiger partial charge on any atom is -0.326 e. The van der Waals surface area contributed by atoms with Crippen molar-refractivity contribution in [2.24, 2.45) is 0 Å². The van der Waals surface area contributed by atoms with Crippen LogP contribution in [0.4, 0.5) is 5.69 Å². The summed E-state index contributed by atoms with van der Waals surface area (Å²) in [6.07, 6.45) is 0. The molecule has 1 rings (SSSR count). The highest BCUT2D eigenvalue weighted by molar-refractivity contribution is 5.91. The molecule has 0 aromatic heterocycles. The Morgan fingerprint density at radius 1 is 0.800 bits per heavy atom. The van der Waals surface area contributed by atoms with Crippen molar-refractivity contribution < 1.29 is 4.79 Å². The van der Waals surface area contributed by atoms with E-state index in [1.807, 2.05) is 0 Å². The van der Waals surface area contributed by atoms with Gasteiger partial charge in [0.05, 0.1) is 0 Å². The van der Waals surface area contributed by atoms with Gasteiger partial charge in [-0.05, 0) is 62.4 Å². The predicted octanol–water partition coefficient (Wildman–Crippen LogP) is 3.19. The molecule has 0 unspecified atom stereocenters. The van der Waals surface area contributed by atoms with Gasteiger partial charge in [-0.1, -0.05) is 0 Å². The van der Waals surface area contributed by atoms with Gasteiger partial charge in [0.2, 0.25) is 5.91 Å². The van der Waals surface area contributed by atoms with E-state index in [2.05, 4.69) is 39.9 Å². The number of amides is 1. The van der Waals surface area contributed by atoms with Crippen molar-refractivity contribution >= 4 is 11.6 Å². The minimum atomic E-state index is -0.0103. The fraction of sp³-hybridized carbons (Fsp3) is 0.462. The molecule has 1 aromatic rings. The number of carbonyl (C=O) groups is 1. The fourth-order valence-electron chi connectivity index (χ4n) is 1.86. The second-order valence-corrected chi connectivity index (χ2v) is 4.18. The molecule has 0 aliphatic heterocycles. The lowest BCUT2D eigenvalue weighted by molar-refractivity contribution is -0.114. The molecule has 0 radical (unpaired) electrons. The summed E-state index contributed by atoms with van der Waals surface area (Å²) < 4.78 is 0. The number of rotatable bonds is 1. The number of hydrogen-bond acceptors (Lipinski definition) is 1. The molecule has 1 aromatic carbocycles. The standard InChI is InChI=1S/C13H19NO/c1-7-8(2)10(4)13(14-12(6)15)11(5)9(7)3/h1-6H3,(H,14,15). The molecule has 15 heavy (non-hydrogen) atoms. The number of carbonyl (C=O) groups excluding carboxylic acids is 1. The van der Waals surface area contributed by atoms with Crippen molar-refractivity contribution in [3.63, 3.8) is 0 Å². The van der Waals surface area contributed by atoms with Gasteiger partial charge in [-0.25, -0.2) is 0 Å². The summed E-state index contributed by atoms with van der Waals surface area (Å²) in [4.78, 5) is 11.1. The van der Waals surface area contributed by atoms with Crippen LogP contribution in [0.15, 0.2) is 0 Å². The monoisotopic (exact) mass is 205 g/mol. The van der Waals surface area contributed by atoms with Crippen LogP contribution >= 0.6 is 0 Å². The molecule has 0 aliphatic carbocycles. The van der Waals surface area contributed by atoms with E-state index >= 15 is 0 Å². The minimum absolute atomic E-state index is 0.0103. The molecule has 0 spiro atoms. The Labute approximate surface area is 91.7 Å². The van der Waals surface area contributed by atoms with Crippen LogP contribution in [0.2, 0.25) is 0 Å². The first kappa shape index (κ1) is 11.8. The maximum absolute atomic E-state index is 11.1. The van der Waals surface area contributed by atoms with Crippen LogP contribution in [0.1, 0.15) is 34.7 Å². The van der Waals surface area contributed by atoms with Gasteiger partial charge in [0, 0.05) is 12.6 Å². The lowest BCUT2D eigenvalue weighted by Gasteiger charge is -2.18. The van der Waals surface area contributed by atoms with E-state index in [9.17, 15) is 4.79 Å². The van der Waals surface area contributed by atoms with Crippen molar-refractivity contribution in [2.75, 3.05) is 5.32 Å². The van der Waals surface area contributed by atoms with Gasteiger partial charge in [0.1, 0.15) is 0 Å². The van der Waals surface area contributed by atoms with Gasteiger partial charge in [-0.3, -0.25) is 4.79 Å².